The Morgan fingerprint density at radius 1 is 1.06 bits per heavy atom. The zero-order valence-electron chi connectivity index (χ0n) is 17.1. The monoisotopic (exact) mass is 507 g/mol. The highest BCUT2D eigenvalue weighted by molar-refractivity contribution is 7.91. The zero-order chi connectivity index (χ0) is 22.3. The minimum atomic E-state index is -3.80. The van der Waals surface area contributed by atoms with Crippen molar-refractivity contribution in [2.75, 3.05) is 18.0 Å². The number of hydrogen-bond donors (Lipinski definition) is 2. The van der Waals surface area contributed by atoms with E-state index in [1.165, 1.54) is 33.8 Å². The molecule has 1 atom stereocenters. The first-order valence-corrected chi connectivity index (χ1v) is 13.9. The van der Waals surface area contributed by atoms with Crippen LogP contribution in [0.2, 0.25) is 4.34 Å². The second kappa shape index (κ2) is 8.89. The number of carbonyl (C=O) groups excluding carboxylic acids is 1. The number of hydrogen-bond acceptors (Lipinski definition) is 6. The molecule has 0 unspecified atom stereocenters. The molecule has 2 aliphatic rings. The summed E-state index contributed by atoms with van der Waals surface area (Å²) < 4.78 is 29.4. The van der Waals surface area contributed by atoms with Gasteiger partial charge in [0.05, 0.1) is 4.34 Å². The van der Waals surface area contributed by atoms with Crippen molar-refractivity contribution in [2.45, 2.75) is 36.1 Å². The predicted molar refractivity (Wildman–Crippen MR) is 130 cm³/mol. The van der Waals surface area contributed by atoms with Crippen molar-refractivity contribution in [3.8, 4) is 9.75 Å². The fourth-order valence-electron chi connectivity index (χ4n) is 4.15. The molecule has 6 nitrogen and oxygen atoms in total. The Labute approximate surface area is 200 Å². The molecule has 2 N–H and O–H groups in total. The Morgan fingerprint density at radius 2 is 1.88 bits per heavy atom. The van der Waals surface area contributed by atoms with E-state index in [0.29, 0.717) is 17.3 Å². The van der Waals surface area contributed by atoms with E-state index in [9.17, 15) is 13.2 Å². The lowest BCUT2D eigenvalue weighted by atomic mass is 10.0. The van der Waals surface area contributed by atoms with E-state index in [-0.39, 0.29) is 10.1 Å². The second-order valence-corrected chi connectivity index (χ2v) is 12.6. The number of halogens is 1. The minimum Gasteiger partial charge on any atom is -0.313 e. The van der Waals surface area contributed by atoms with Crippen LogP contribution < -0.4 is 14.9 Å². The van der Waals surface area contributed by atoms with Gasteiger partial charge in [0.15, 0.2) is 0 Å². The number of fused-ring (bicyclic) bond motifs is 1. The molecule has 10 heteroatoms. The summed E-state index contributed by atoms with van der Waals surface area (Å²) >= 11 is 8.57. The van der Waals surface area contributed by atoms with E-state index in [1.807, 2.05) is 12.1 Å². The average molecular weight is 508 g/mol. The molecular formula is C22H22ClN3O3S3. The molecule has 1 fully saturated rings. The molecule has 4 heterocycles. The van der Waals surface area contributed by atoms with Crippen LogP contribution in [0, 0.1) is 0 Å². The third-order valence-corrected chi connectivity index (χ3v) is 10.3. The van der Waals surface area contributed by atoms with Gasteiger partial charge < -0.3 is 10.2 Å². The summed E-state index contributed by atoms with van der Waals surface area (Å²) in [5.74, 6) is -0.211. The van der Waals surface area contributed by atoms with Crippen molar-refractivity contribution in [3.05, 3.63) is 57.9 Å². The molecule has 32 heavy (non-hydrogen) atoms. The number of carbonyl (C=O) groups is 1. The van der Waals surface area contributed by atoms with Crippen LogP contribution in [0.3, 0.4) is 0 Å². The van der Waals surface area contributed by atoms with Crippen molar-refractivity contribution in [1.82, 2.24) is 10.0 Å². The van der Waals surface area contributed by atoms with Gasteiger partial charge in [0, 0.05) is 28.5 Å². The maximum Gasteiger partial charge on any atom is 0.250 e. The molecule has 0 bridgehead atoms. The Morgan fingerprint density at radius 3 is 2.69 bits per heavy atom. The van der Waals surface area contributed by atoms with Gasteiger partial charge in [0.1, 0.15) is 10.3 Å². The molecule has 5 rings (SSSR count). The summed E-state index contributed by atoms with van der Waals surface area (Å²) in [6.07, 6.45) is 2.56. The molecule has 2 aromatic heterocycles. The Balaban J connectivity index is 1.31. The van der Waals surface area contributed by atoms with Crippen LogP contribution in [0.15, 0.2) is 46.7 Å². The SMILES string of the molecule is O=C1[C@@H](NS(=O)(=O)c2ccc(-c3ccc(Cl)s3)s2)CCN1c1ccc2c(c1)CNCCC2. The maximum absolute atomic E-state index is 13.1. The van der Waals surface area contributed by atoms with Crippen molar-refractivity contribution in [3.63, 3.8) is 0 Å². The molecule has 1 saturated heterocycles. The van der Waals surface area contributed by atoms with Gasteiger partial charge in [-0.05, 0) is 73.3 Å². The number of sulfonamides is 1. The third-order valence-electron chi connectivity index (χ3n) is 5.78. The van der Waals surface area contributed by atoms with Crippen LogP contribution in [-0.2, 0) is 27.8 Å². The first-order valence-electron chi connectivity index (χ1n) is 10.4. The highest BCUT2D eigenvalue weighted by Crippen LogP contribution is 2.37. The van der Waals surface area contributed by atoms with Crippen molar-refractivity contribution < 1.29 is 13.2 Å². The fraction of sp³-hybridized carbons (Fsp3) is 0.318. The predicted octanol–water partition coefficient (Wildman–Crippen LogP) is 4.25. The van der Waals surface area contributed by atoms with E-state index >= 15 is 0 Å². The van der Waals surface area contributed by atoms with Crippen LogP contribution in [0.1, 0.15) is 24.0 Å². The van der Waals surface area contributed by atoms with Gasteiger partial charge in [-0.15, -0.1) is 22.7 Å². The quantitative estimate of drug-likeness (QED) is 0.541. The van der Waals surface area contributed by atoms with Crippen molar-refractivity contribution >= 4 is 55.9 Å². The highest BCUT2D eigenvalue weighted by atomic mass is 35.5. The lowest BCUT2D eigenvalue weighted by Gasteiger charge is -2.19. The number of nitrogens with zero attached hydrogens (tertiary/aromatic N) is 1. The number of amides is 1. The molecular weight excluding hydrogens is 486 g/mol. The Kier molecular flexibility index (Phi) is 6.13. The van der Waals surface area contributed by atoms with Gasteiger partial charge in [0.2, 0.25) is 5.91 Å². The number of anilines is 1. The fourth-order valence-corrected chi connectivity index (χ4v) is 7.83. The summed E-state index contributed by atoms with van der Waals surface area (Å²) in [5, 5.41) is 3.41. The number of aryl methyl sites for hydroxylation is 1. The van der Waals surface area contributed by atoms with Crippen LogP contribution in [0.4, 0.5) is 5.69 Å². The van der Waals surface area contributed by atoms with Gasteiger partial charge in [-0.25, -0.2) is 8.42 Å². The molecule has 2 aliphatic heterocycles. The molecule has 1 amide bonds. The van der Waals surface area contributed by atoms with Gasteiger partial charge in [0.25, 0.3) is 10.0 Å². The highest BCUT2D eigenvalue weighted by Gasteiger charge is 2.36. The van der Waals surface area contributed by atoms with Gasteiger partial charge >= 0.3 is 0 Å². The first-order chi connectivity index (χ1) is 15.4. The maximum atomic E-state index is 13.1. The first kappa shape index (κ1) is 22.1. The van der Waals surface area contributed by atoms with Crippen LogP contribution in [-0.4, -0.2) is 33.5 Å². The van der Waals surface area contributed by atoms with E-state index in [0.717, 1.165) is 41.4 Å². The van der Waals surface area contributed by atoms with Crippen molar-refractivity contribution in [2.24, 2.45) is 0 Å². The van der Waals surface area contributed by atoms with E-state index in [4.69, 9.17) is 11.6 Å². The zero-order valence-corrected chi connectivity index (χ0v) is 20.3. The number of benzene rings is 1. The third kappa shape index (κ3) is 4.37. The summed E-state index contributed by atoms with van der Waals surface area (Å²) in [6, 6.07) is 12.4. The smallest absolute Gasteiger partial charge is 0.250 e. The lowest BCUT2D eigenvalue weighted by Crippen LogP contribution is -2.41. The van der Waals surface area contributed by atoms with E-state index < -0.39 is 16.1 Å². The second-order valence-electron chi connectivity index (χ2n) is 7.91. The topological polar surface area (TPSA) is 78.5 Å². The molecule has 0 spiro atoms. The van der Waals surface area contributed by atoms with Crippen LogP contribution in [0.25, 0.3) is 9.75 Å². The molecule has 0 saturated carbocycles. The largest absolute Gasteiger partial charge is 0.313 e. The summed E-state index contributed by atoms with van der Waals surface area (Å²) in [7, 11) is -3.80. The average Bonchev–Trinajstić information content (AvgIpc) is 3.46. The van der Waals surface area contributed by atoms with E-state index in [1.54, 1.807) is 23.1 Å². The Hall–Kier alpha value is -1.75. The number of rotatable bonds is 5. The van der Waals surface area contributed by atoms with E-state index in [2.05, 4.69) is 22.2 Å². The molecule has 1 aromatic carbocycles. The van der Waals surface area contributed by atoms with Crippen molar-refractivity contribution in [1.29, 1.82) is 0 Å². The molecule has 0 aliphatic carbocycles. The molecule has 0 radical (unpaired) electrons. The molecule has 3 aromatic rings. The van der Waals surface area contributed by atoms with Gasteiger partial charge in [-0.3, -0.25) is 4.79 Å². The van der Waals surface area contributed by atoms with Gasteiger partial charge in [-0.2, -0.15) is 4.72 Å². The molecule has 168 valence electrons. The van der Waals surface area contributed by atoms with Crippen LogP contribution in [0.5, 0.6) is 0 Å². The number of nitrogens with one attached hydrogen (secondary N) is 2. The standard InChI is InChI=1S/C22H22ClN3O3S3/c23-20-7-5-18(30-20)19-6-8-21(31-19)32(28,29)25-17-9-11-26(22(17)27)16-4-3-14-2-1-10-24-13-15(14)12-16/h3-8,12,17,24-25H,1-2,9-11,13H2/t17-/m0/s1. The minimum absolute atomic E-state index is 0.194. The summed E-state index contributed by atoms with van der Waals surface area (Å²) in [6.45, 7) is 2.26. The normalized spacial score (nSPS) is 19.2. The van der Waals surface area contributed by atoms with Gasteiger partial charge in [-0.1, -0.05) is 17.7 Å². The number of thiophene rings is 2. The summed E-state index contributed by atoms with van der Waals surface area (Å²) in [5.41, 5.74) is 3.34. The summed E-state index contributed by atoms with van der Waals surface area (Å²) in [4.78, 5) is 16.5. The Bertz CT molecular complexity index is 1270. The lowest BCUT2D eigenvalue weighted by molar-refractivity contribution is -0.118. The van der Waals surface area contributed by atoms with Crippen LogP contribution >= 0.6 is 34.3 Å².